The van der Waals surface area contributed by atoms with Crippen LogP contribution in [-0.4, -0.2) is 24.6 Å². The molecule has 1 fully saturated rings. The highest BCUT2D eigenvalue weighted by Gasteiger charge is 2.29. The Balaban J connectivity index is 0.00000243. The summed E-state index contributed by atoms with van der Waals surface area (Å²) in [7, 11) is 0. The average molecular weight is 375 g/mol. The summed E-state index contributed by atoms with van der Waals surface area (Å²) in [4.78, 5) is 12.4. The highest BCUT2D eigenvalue weighted by Crippen LogP contribution is 2.25. The third-order valence-electron chi connectivity index (χ3n) is 4.93. The van der Waals surface area contributed by atoms with E-state index in [9.17, 15) is 4.79 Å². The number of ether oxygens (including phenoxy) is 1. The lowest BCUT2D eigenvalue weighted by molar-refractivity contribution is -0.128. The molecule has 3 rings (SSSR count). The first-order valence-electron chi connectivity index (χ1n) is 9.00. The van der Waals surface area contributed by atoms with Gasteiger partial charge >= 0.3 is 0 Å². The van der Waals surface area contributed by atoms with Crippen molar-refractivity contribution in [3.8, 4) is 16.9 Å². The molecule has 0 heterocycles. The van der Waals surface area contributed by atoms with E-state index in [1.807, 2.05) is 42.5 Å². The van der Waals surface area contributed by atoms with E-state index in [1.54, 1.807) is 6.92 Å². The van der Waals surface area contributed by atoms with E-state index < -0.39 is 6.10 Å². The van der Waals surface area contributed by atoms with E-state index in [0.29, 0.717) is 18.2 Å². The van der Waals surface area contributed by atoms with Crippen molar-refractivity contribution in [2.45, 2.75) is 38.3 Å². The fraction of sp³-hybridized carbons (Fsp3) is 0.381. The van der Waals surface area contributed by atoms with Gasteiger partial charge in [0, 0.05) is 6.04 Å². The maximum absolute atomic E-state index is 12.4. The molecule has 3 N–H and O–H groups in total. The van der Waals surface area contributed by atoms with E-state index in [4.69, 9.17) is 10.5 Å². The third-order valence-corrected chi connectivity index (χ3v) is 4.93. The number of nitrogens with two attached hydrogens (primary N) is 1. The normalized spacial score (nSPS) is 20.1. The van der Waals surface area contributed by atoms with Crippen molar-refractivity contribution in [3.63, 3.8) is 0 Å². The summed E-state index contributed by atoms with van der Waals surface area (Å²) in [5.74, 6) is 1.02. The van der Waals surface area contributed by atoms with Crippen molar-refractivity contribution in [1.82, 2.24) is 5.32 Å². The Morgan fingerprint density at radius 3 is 2.42 bits per heavy atom. The van der Waals surface area contributed by atoms with Crippen molar-refractivity contribution in [3.05, 3.63) is 54.6 Å². The predicted octanol–water partition coefficient (Wildman–Crippen LogP) is 3.79. The molecule has 3 unspecified atom stereocenters. The SMILES string of the molecule is CC(Oc1ccc(-c2ccccc2)cc1)C(=O)NC1CCCC1CN.Cl. The molecular weight excluding hydrogens is 348 g/mol. The number of benzene rings is 2. The Morgan fingerprint density at radius 2 is 1.77 bits per heavy atom. The fourth-order valence-corrected chi connectivity index (χ4v) is 3.42. The summed E-state index contributed by atoms with van der Waals surface area (Å²) in [6, 6.07) is 18.2. The molecule has 5 heteroatoms. The van der Waals surface area contributed by atoms with Crippen LogP contribution in [0.3, 0.4) is 0 Å². The molecule has 0 aromatic heterocycles. The van der Waals surface area contributed by atoms with Gasteiger partial charge < -0.3 is 15.8 Å². The second-order valence-electron chi connectivity index (χ2n) is 6.69. The Kier molecular flexibility index (Phi) is 7.49. The summed E-state index contributed by atoms with van der Waals surface area (Å²) in [5, 5.41) is 3.09. The van der Waals surface area contributed by atoms with Gasteiger partial charge in [0.05, 0.1) is 0 Å². The van der Waals surface area contributed by atoms with Gasteiger partial charge in [-0.15, -0.1) is 12.4 Å². The van der Waals surface area contributed by atoms with Gasteiger partial charge in [-0.1, -0.05) is 48.9 Å². The smallest absolute Gasteiger partial charge is 0.261 e. The molecule has 1 aliphatic rings. The standard InChI is InChI=1S/C21H26N2O2.ClH/c1-15(21(24)23-20-9-5-8-18(20)14-22)25-19-12-10-17(11-13-19)16-6-3-2-4-7-16;/h2-4,6-7,10-13,15,18,20H,5,8-9,14,22H2,1H3,(H,23,24);1H. The van der Waals surface area contributed by atoms with Crippen LogP contribution >= 0.6 is 12.4 Å². The first-order valence-corrected chi connectivity index (χ1v) is 9.00. The van der Waals surface area contributed by atoms with Crippen LogP contribution in [0.25, 0.3) is 11.1 Å². The van der Waals surface area contributed by atoms with Crippen LogP contribution in [0.1, 0.15) is 26.2 Å². The summed E-state index contributed by atoms with van der Waals surface area (Å²) < 4.78 is 5.80. The second-order valence-corrected chi connectivity index (χ2v) is 6.69. The highest BCUT2D eigenvalue weighted by atomic mass is 35.5. The number of carbonyl (C=O) groups is 1. The van der Waals surface area contributed by atoms with Gasteiger partial charge in [-0.05, 0) is 55.5 Å². The third kappa shape index (κ3) is 4.99. The first kappa shape index (κ1) is 20.3. The van der Waals surface area contributed by atoms with Crippen molar-refractivity contribution in [2.24, 2.45) is 11.7 Å². The summed E-state index contributed by atoms with van der Waals surface area (Å²) in [5.41, 5.74) is 8.07. The lowest BCUT2D eigenvalue weighted by Crippen LogP contribution is -2.45. The van der Waals surface area contributed by atoms with Crippen molar-refractivity contribution in [1.29, 1.82) is 0 Å². The minimum Gasteiger partial charge on any atom is -0.481 e. The zero-order chi connectivity index (χ0) is 17.6. The molecule has 2 aromatic carbocycles. The Bertz CT molecular complexity index is 691. The molecule has 0 saturated heterocycles. The van der Waals surface area contributed by atoms with Gasteiger partial charge in [-0.3, -0.25) is 4.79 Å². The van der Waals surface area contributed by atoms with Crippen molar-refractivity contribution >= 4 is 18.3 Å². The quantitative estimate of drug-likeness (QED) is 0.808. The Labute approximate surface area is 161 Å². The summed E-state index contributed by atoms with van der Waals surface area (Å²) >= 11 is 0. The Morgan fingerprint density at radius 1 is 1.12 bits per heavy atom. The summed E-state index contributed by atoms with van der Waals surface area (Å²) in [6.45, 7) is 2.41. The molecule has 0 spiro atoms. The minimum absolute atomic E-state index is 0. The zero-order valence-corrected chi connectivity index (χ0v) is 15.9. The number of amides is 1. The molecule has 26 heavy (non-hydrogen) atoms. The average Bonchev–Trinajstić information content (AvgIpc) is 3.10. The molecule has 1 amide bonds. The number of rotatable bonds is 6. The summed E-state index contributed by atoms with van der Waals surface area (Å²) in [6.07, 6.45) is 2.70. The molecule has 3 atom stereocenters. The van der Waals surface area contributed by atoms with Crippen molar-refractivity contribution in [2.75, 3.05) is 6.54 Å². The molecule has 0 aliphatic heterocycles. The van der Waals surface area contributed by atoms with Gasteiger partial charge in [0.15, 0.2) is 6.10 Å². The largest absolute Gasteiger partial charge is 0.481 e. The van der Waals surface area contributed by atoms with Crippen LogP contribution in [0.15, 0.2) is 54.6 Å². The van der Waals surface area contributed by atoms with Gasteiger partial charge in [-0.2, -0.15) is 0 Å². The maximum atomic E-state index is 12.4. The van der Waals surface area contributed by atoms with E-state index in [-0.39, 0.29) is 24.4 Å². The fourth-order valence-electron chi connectivity index (χ4n) is 3.42. The van der Waals surface area contributed by atoms with Crippen LogP contribution in [0.4, 0.5) is 0 Å². The Hall–Kier alpha value is -2.04. The van der Waals surface area contributed by atoms with Gasteiger partial charge in [0.25, 0.3) is 5.91 Å². The number of hydrogen-bond donors (Lipinski definition) is 2. The number of hydrogen-bond acceptors (Lipinski definition) is 3. The van der Waals surface area contributed by atoms with E-state index in [0.717, 1.165) is 30.4 Å². The zero-order valence-electron chi connectivity index (χ0n) is 15.1. The molecule has 140 valence electrons. The maximum Gasteiger partial charge on any atom is 0.261 e. The van der Waals surface area contributed by atoms with E-state index in [1.165, 1.54) is 0 Å². The molecular formula is C21H27ClN2O2. The molecule has 0 radical (unpaired) electrons. The monoisotopic (exact) mass is 374 g/mol. The van der Waals surface area contributed by atoms with E-state index >= 15 is 0 Å². The highest BCUT2D eigenvalue weighted by molar-refractivity contribution is 5.85. The van der Waals surface area contributed by atoms with E-state index in [2.05, 4.69) is 17.4 Å². The second kappa shape index (κ2) is 9.60. The van der Waals surface area contributed by atoms with Crippen LogP contribution in [0.5, 0.6) is 5.75 Å². The molecule has 1 aliphatic carbocycles. The van der Waals surface area contributed by atoms with Gasteiger partial charge in [0.1, 0.15) is 5.75 Å². The lowest BCUT2D eigenvalue weighted by atomic mass is 10.0. The molecule has 0 bridgehead atoms. The molecule has 2 aromatic rings. The minimum atomic E-state index is -0.526. The van der Waals surface area contributed by atoms with Crippen molar-refractivity contribution < 1.29 is 9.53 Å². The van der Waals surface area contributed by atoms with Gasteiger partial charge in [0.2, 0.25) is 0 Å². The van der Waals surface area contributed by atoms with Crippen LogP contribution in [-0.2, 0) is 4.79 Å². The molecule has 1 saturated carbocycles. The van der Waals surface area contributed by atoms with Gasteiger partial charge in [-0.25, -0.2) is 0 Å². The van der Waals surface area contributed by atoms with Crippen LogP contribution in [0, 0.1) is 5.92 Å². The predicted molar refractivity (Wildman–Crippen MR) is 108 cm³/mol. The topological polar surface area (TPSA) is 64.3 Å². The first-order chi connectivity index (χ1) is 12.2. The number of halogens is 1. The number of carbonyl (C=O) groups excluding carboxylic acids is 1. The van der Waals surface area contributed by atoms with Crippen LogP contribution < -0.4 is 15.8 Å². The van der Waals surface area contributed by atoms with Crippen LogP contribution in [0.2, 0.25) is 0 Å². The molecule has 4 nitrogen and oxygen atoms in total. The number of nitrogens with one attached hydrogen (secondary N) is 1. The lowest BCUT2D eigenvalue weighted by Gasteiger charge is -2.22.